The molecule has 4 rings (SSSR count). The molecule has 0 saturated carbocycles. The van der Waals surface area contributed by atoms with E-state index >= 15 is 0 Å². The predicted molar refractivity (Wildman–Crippen MR) is 77.9 cm³/mol. The van der Waals surface area contributed by atoms with Gasteiger partial charge in [0.15, 0.2) is 16.5 Å². The van der Waals surface area contributed by atoms with E-state index in [1.54, 1.807) is 11.3 Å². The van der Waals surface area contributed by atoms with Crippen molar-refractivity contribution in [3.05, 3.63) is 41.2 Å². The molecular weight excluding hydrogens is 290 g/mol. The minimum absolute atomic E-state index is 0.236. The Morgan fingerprint density at radius 1 is 1.33 bits per heavy atom. The van der Waals surface area contributed by atoms with Crippen LogP contribution in [0.5, 0.6) is 17.2 Å². The smallest absolute Gasteiger partial charge is 0.231 e. The molecule has 0 unspecified atom stereocenters. The Morgan fingerprint density at radius 3 is 3.00 bits per heavy atom. The van der Waals surface area contributed by atoms with Crippen LogP contribution < -0.4 is 19.9 Å². The zero-order valence-corrected chi connectivity index (χ0v) is 11.9. The van der Waals surface area contributed by atoms with Gasteiger partial charge in [0.1, 0.15) is 12.4 Å². The Morgan fingerprint density at radius 2 is 2.19 bits per heavy atom. The van der Waals surface area contributed by atoms with Crippen molar-refractivity contribution in [1.82, 2.24) is 9.38 Å². The van der Waals surface area contributed by atoms with E-state index in [0.717, 1.165) is 16.2 Å². The zero-order valence-electron chi connectivity index (χ0n) is 11.1. The zero-order chi connectivity index (χ0) is 14.2. The number of fused-ring (bicyclic) bond motifs is 2. The minimum Gasteiger partial charge on any atom is -0.487 e. The Hall–Kier alpha value is -2.25. The van der Waals surface area contributed by atoms with Crippen molar-refractivity contribution >= 4 is 16.3 Å². The first-order valence-electron chi connectivity index (χ1n) is 6.50. The summed E-state index contributed by atoms with van der Waals surface area (Å²) in [6.45, 7) is 1.01. The van der Waals surface area contributed by atoms with Gasteiger partial charge in [-0.05, 0) is 6.07 Å². The van der Waals surface area contributed by atoms with Crippen LogP contribution in [0.2, 0.25) is 0 Å². The lowest BCUT2D eigenvalue weighted by Crippen LogP contribution is -2.03. The number of ether oxygens (including phenoxy) is 3. The number of imidazole rings is 1. The maximum Gasteiger partial charge on any atom is 0.231 e. The topological polar surface area (TPSA) is 71.0 Å². The standard InChI is InChI=1S/C14H13N3O3S/c15-5-9-3-12-13(20-8-19-12)4-11(9)18-7-10-6-17-1-2-21-14(17)16-10/h1-4,6H,5,7-8,15H2. The van der Waals surface area contributed by atoms with Crippen LogP contribution in [0.4, 0.5) is 0 Å². The summed E-state index contributed by atoms with van der Waals surface area (Å²) >= 11 is 1.59. The SMILES string of the molecule is NCc1cc2c(cc1OCc1cn3ccsc3n1)OCO2. The van der Waals surface area contributed by atoms with Gasteiger partial charge in [-0.1, -0.05) is 0 Å². The molecule has 108 valence electrons. The van der Waals surface area contributed by atoms with Crippen LogP contribution >= 0.6 is 11.3 Å². The lowest BCUT2D eigenvalue weighted by molar-refractivity contribution is 0.173. The number of hydrogen-bond acceptors (Lipinski definition) is 6. The van der Waals surface area contributed by atoms with Gasteiger partial charge in [-0.3, -0.25) is 4.40 Å². The van der Waals surface area contributed by atoms with Crippen molar-refractivity contribution in [2.24, 2.45) is 5.73 Å². The number of rotatable bonds is 4. The third kappa shape index (κ3) is 2.20. The van der Waals surface area contributed by atoms with Crippen molar-refractivity contribution in [2.75, 3.05) is 6.79 Å². The van der Waals surface area contributed by atoms with Gasteiger partial charge >= 0.3 is 0 Å². The second-order valence-electron chi connectivity index (χ2n) is 4.63. The van der Waals surface area contributed by atoms with Gasteiger partial charge in [0.05, 0.1) is 5.69 Å². The van der Waals surface area contributed by atoms with Crippen LogP contribution in [0.25, 0.3) is 4.96 Å². The van der Waals surface area contributed by atoms with Crippen LogP contribution in [-0.2, 0) is 13.2 Å². The van der Waals surface area contributed by atoms with E-state index in [-0.39, 0.29) is 6.79 Å². The average Bonchev–Trinajstić information content (AvgIpc) is 3.18. The maximum absolute atomic E-state index is 5.85. The van der Waals surface area contributed by atoms with Crippen LogP contribution in [-0.4, -0.2) is 16.2 Å². The van der Waals surface area contributed by atoms with E-state index in [9.17, 15) is 0 Å². The fourth-order valence-corrected chi connectivity index (χ4v) is 2.98. The molecule has 1 aliphatic rings. The minimum atomic E-state index is 0.236. The molecule has 0 saturated heterocycles. The van der Waals surface area contributed by atoms with E-state index < -0.39 is 0 Å². The third-order valence-electron chi connectivity index (χ3n) is 3.29. The van der Waals surface area contributed by atoms with Crippen molar-refractivity contribution in [3.63, 3.8) is 0 Å². The molecular formula is C14H13N3O3S. The summed E-state index contributed by atoms with van der Waals surface area (Å²) in [5, 5.41) is 2.00. The third-order valence-corrected chi connectivity index (χ3v) is 4.07. The van der Waals surface area contributed by atoms with Gasteiger partial charge in [-0.15, -0.1) is 11.3 Å². The van der Waals surface area contributed by atoms with Crippen molar-refractivity contribution < 1.29 is 14.2 Å². The molecule has 21 heavy (non-hydrogen) atoms. The Balaban J connectivity index is 1.57. The summed E-state index contributed by atoms with van der Waals surface area (Å²) in [6.07, 6.45) is 3.93. The van der Waals surface area contributed by atoms with E-state index in [2.05, 4.69) is 4.98 Å². The number of benzene rings is 1. The van der Waals surface area contributed by atoms with Crippen molar-refractivity contribution in [3.8, 4) is 17.2 Å². The highest BCUT2D eigenvalue weighted by Crippen LogP contribution is 2.38. The number of nitrogens with zero attached hydrogens (tertiary/aromatic N) is 2. The summed E-state index contributed by atoms with van der Waals surface area (Å²) < 4.78 is 18.5. The Bertz CT molecular complexity index is 767. The van der Waals surface area contributed by atoms with Crippen molar-refractivity contribution in [1.29, 1.82) is 0 Å². The van der Waals surface area contributed by atoms with Crippen LogP contribution in [0.15, 0.2) is 29.9 Å². The van der Waals surface area contributed by atoms with E-state index in [1.807, 2.05) is 34.3 Å². The highest BCUT2D eigenvalue weighted by Gasteiger charge is 2.17. The van der Waals surface area contributed by atoms with Gasteiger partial charge in [0.25, 0.3) is 0 Å². The molecule has 0 amide bonds. The molecule has 3 aromatic rings. The second-order valence-corrected chi connectivity index (χ2v) is 5.50. The molecule has 0 bridgehead atoms. The van der Waals surface area contributed by atoms with Gasteiger partial charge in [0.2, 0.25) is 6.79 Å². The number of thiazole rings is 1. The lowest BCUT2D eigenvalue weighted by atomic mass is 10.2. The van der Waals surface area contributed by atoms with Crippen LogP contribution in [0.1, 0.15) is 11.3 Å². The maximum atomic E-state index is 5.85. The second kappa shape index (κ2) is 4.94. The first-order valence-corrected chi connectivity index (χ1v) is 7.38. The molecule has 0 radical (unpaired) electrons. The first kappa shape index (κ1) is 12.5. The molecule has 0 atom stereocenters. The van der Waals surface area contributed by atoms with Crippen molar-refractivity contribution in [2.45, 2.75) is 13.2 Å². The molecule has 0 fully saturated rings. The lowest BCUT2D eigenvalue weighted by Gasteiger charge is -2.10. The quantitative estimate of drug-likeness (QED) is 0.799. The number of aromatic nitrogens is 2. The van der Waals surface area contributed by atoms with Gasteiger partial charge in [-0.25, -0.2) is 4.98 Å². The average molecular weight is 303 g/mol. The summed E-state index contributed by atoms with van der Waals surface area (Å²) in [5.74, 6) is 2.11. The summed E-state index contributed by atoms with van der Waals surface area (Å²) in [5.41, 5.74) is 7.53. The Kier molecular flexibility index (Phi) is 2.94. The summed E-state index contributed by atoms with van der Waals surface area (Å²) in [7, 11) is 0. The molecule has 7 heteroatoms. The molecule has 2 N–H and O–H groups in total. The van der Waals surface area contributed by atoms with Gasteiger partial charge < -0.3 is 19.9 Å². The van der Waals surface area contributed by atoms with Gasteiger partial charge in [-0.2, -0.15) is 0 Å². The fraction of sp³-hybridized carbons (Fsp3) is 0.214. The first-order chi connectivity index (χ1) is 10.3. The van der Waals surface area contributed by atoms with Gasteiger partial charge in [0, 0.05) is 35.9 Å². The fourth-order valence-electron chi connectivity index (χ4n) is 2.26. The monoisotopic (exact) mass is 303 g/mol. The predicted octanol–water partition coefficient (Wildman–Crippen LogP) is 2.16. The molecule has 6 nitrogen and oxygen atoms in total. The molecule has 0 aliphatic carbocycles. The number of nitrogens with two attached hydrogens (primary N) is 1. The van der Waals surface area contributed by atoms with E-state index in [1.165, 1.54) is 0 Å². The van der Waals surface area contributed by atoms with E-state index in [0.29, 0.717) is 30.4 Å². The Labute approximate surface area is 124 Å². The highest BCUT2D eigenvalue weighted by molar-refractivity contribution is 7.15. The molecule has 0 spiro atoms. The summed E-state index contributed by atoms with van der Waals surface area (Å²) in [6, 6.07) is 3.69. The van der Waals surface area contributed by atoms with Crippen LogP contribution in [0.3, 0.4) is 0 Å². The van der Waals surface area contributed by atoms with E-state index in [4.69, 9.17) is 19.9 Å². The highest BCUT2D eigenvalue weighted by atomic mass is 32.1. The summed E-state index contributed by atoms with van der Waals surface area (Å²) in [4.78, 5) is 5.44. The normalized spacial score (nSPS) is 13.0. The number of hydrogen-bond donors (Lipinski definition) is 1. The molecule has 1 aromatic carbocycles. The molecule has 3 heterocycles. The van der Waals surface area contributed by atoms with Crippen LogP contribution in [0, 0.1) is 0 Å². The largest absolute Gasteiger partial charge is 0.487 e. The molecule has 1 aliphatic heterocycles. The molecule has 2 aromatic heterocycles.